The van der Waals surface area contributed by atoms with Gasteiger partial charge in [-0.2, -0.15) is 0 Å². The molecule has 2 rings (SSSR count). The second-order valence-electron chi connectivity index (χ2n) is 4.69. The largest absolute Gasteiger partial charge is 0.389 e. The minimum Gasteiger partial charge on any atom is -0.389 e. The zero-order chi connectivity index (χ0) is 12.3. The number of ether oxygens (including phenoxy) is 1. The predicted molar refractivity (Wildman–Crippen MR) is 69.3 cm³/mol. The first-order chi connectivity index (χ1) is 8.20. The Morgan fingerprint density at radius 3 is 2.29 bits per heavy atom. The molecule has 1 heterocycles. The Hall–Kier alpha value is -1.06. The van der Waals surface area contributed by atoms with Gasteiger partial charge >= 0.3 is 0 Å². The minimum absolute atomic E-state index is 0.386. The third kappa shape index (κ3) is 2.99. The van der Waals surface area contributed by atoms with Crippen molar-refractivity contribution in [2.24, 2.45) is 0 Å². The molecule has 1 aromatic rings. The molecular weight excluding hydrogens is 214 g/mol. The van der Waals surface area contributed by atoms with Crippen molar-refractivity contribution < 1.29 is 9.84 Å². The number of rotatable bonds is 3. The van der Waals surface area contributed by atoms with E-state index in [4.69, 9.17) is 4.74 Å². The number of nitrogens with zero attached hydrogens (tertiary/aromatic N) is 1. The van der Waals surface area contributed by atoms with Crippen molar-refractivity contribution in [3.05, 3.63) is 29.8 Å². The highest BCUT2D eigenvalue weighted by atomic mass is 16.5. The van der Waals surface area contributed by atoms with Gasteiger partial charge in [-0.15, -0.1) is 0 Å². The number of hydrogen-bond acceptors (Lipinski definition) is 3. The summed E-state index contributed by atoms with van der Waals surface area (Å²) in [6.45, 7) is 3.89. The highest BCUT2D eigenvalue weighted by molar-refractivity contribution is 5.48. The van der Waals surface area contributed by atoms with Gasteiger partial charge in [-0.1, -0.05) is 12.1 Å². The van der Waals surface area contributed by atoms with Crippen LogP contribution >= 0.6 is 0 Å². The van der Waals surface area contributed by atoms with E-state index in [-0.39, 0.29) is 6.10 Å². The molecule has 1 N–H and O–H groups in total. The maximum absolute atomic E-state index is 9.46. The lowest BCUT2D eigenvalue weighted by Crippen LogP contribution is -2.36. The van der Waals surface area contributed by atoms with E-state index in [9.17, 15) is 5.11 Å². The summed E-state index contributed by atoms with van der Waals surface area (Å²) in [6, 6.07) is 8.19. The number of aliphatic hydroxyl groups is 1. The van der Waals surface area contributed by atoms with E-state index in [1.165, 1.54) is 5.69 Å². The van der Waals surface area contributed by atoms with Crippen LogP contribution in [0.1, 0.15) is 31.4 Å². The van der Waals surface area contributed by atoms with Crippen LogP contribution in [-0.4, -0.2) is 31.4 Å². The molecule has 0 saturated carbocycles. The Kier molecular flexibility index (Phi) is 4.02. The first-order valence-electron chi connectivity index (χ1n) is 6.26. The molecule has 1 aromatic carbocycles. The highest BCUT2D eigenvalue weighted by Crippen LogP contribution is 2.23. The van der Waals surface area contributed by atoms with Crippen molar-refractivity contribution in [2.75, 3.05) is 25.1 Å². The van der Waals surface area contributed by atoms with Crippen molar-refractivity contribution in [1.29, 1.82) is 0 Å². The Labute approximate surface area is 103 Å². The van der Waals surface area contributed by atoms with Crippen molar-refractivity contribution in [2.45, 2.75) is 32.0 Å². The first kappa shape index (κ1) is 12.4. The molecule has 0 radical (unpaired) electrons. The monoisotopic (exact) mass is 235 g/mol. The fraction of sp³-hybridized carbons (Fsp3) is 0.571. The van der Waals surface area contributed by atoms with Crippen LogP contribution in [-0.2, 0) is 4.74 Å². The fourth-order valence-corrected chi connectivity index (χ4v) is 2.31. The van der Waals surface area contributed by atoms with Gasteiger partial charge in [0, 0.05) is 25.9 Å². The van der Waals surface area contributed by atoms with E-state index in [1.807, 2.05) is 12.1 Å². The summed E-state index contributed by atoms with van der Waals surface area (Å²) >= 11 is 0. The number of anilines is 1. The van der Waals surface area contributed by atoms with Crippen molar-refractivity contribution in [3.63, 3.8) is 0 Å². The molecule has 1 aliphatic heterocycles. The van der Waals surface area contributed by atoms with Crippen LogP contribution in [0.4, 0.5) is 5.69 Å². The summed E-state index contributed by atoms with van der Waals surface area (Å²) in [5, 5.41) is 9.46. The number of piperidine rings is 1. The molecule has 0 amide bonds. The molecule has 0 aromatic heterocycles. The van der Waals surface area contributed by atoms with Gasteiger partial charge in [0.05, 0.1) is 12.2 Å². The summed E-state index contributed by atoms with van der Waals surface area (Å²) in [4.78, 5) is 2.38. The van der Waals surface area contributed by atoms with Gasteiger partial charge in [0.25, 0.3) is 0 Å². The SMILES string of the molecule is COC1CCN(c2ccc(C(C)O)cc2)CC1. The normalized spacial score (nSPS) is 19.4. The second kappa shape index (κ2) is 5.52. The third-order valence-electron chi connectivity index (χ3n) is 3.52. The van der Waals surface area contributed by atoms with Gasteiger partial charge in [-0.3, -0.25) is 0 Å². The Morgan fingerprint density at radius 2 is 1.82 bits per heavy atom. The third-order valence-corrected chi connectivity index (χ3v) is 3.52. The van der Waals surface area contributed by atoms with Crippen LogP contribution in [0, 0.1) is 0 Å². The smallest absolute Gasteiger partial charge is 0.0761 e. The van der Waals surface area contributed by atoms with Gasteiger partial charge in [0.1, 0.15) is 0 Å². The van der Waals surface area contributed by atoms with E-state index in [2.05, 4.69) is 17.0 Å². The summed E-state index contributed by atoms with van der Waals surface area (Å²) < 4.78 is 5.37. The predicted octanol–water partition coefficient (Wildman–Crippen LogP) is 2.36. The molecule has 1 unspecified atom stereocenters. The molecule has 1 aliphatic rings. The van der Waals surface area contributed by atoms with E-state index >= 15 is 0 Å². The van der Waals surface area contributed by atoms with E-state index in [0.29, 0.717) is 6.10 Å². The molecule has 17 heavy (non-hydrogen) atoms. The molecule has 0 bridgehead atoms. The molecule has 1 fully saturated rings. The lowest BCUT2D eigenvalue weighted by molar-refractivity contribution is 0.0819. The molecule has 3 heteroatoms. The average molecular weight is 235 g/mol. The quantitative estimate of drug-likeness (QED) is 0.873. The molecule has 0 aliphatic carbocycles. The van der Waals surface area contributed by atoms with Crippen LogP contribution in [0.25, 0.3) is 0 Å². The van der Waals surface area contributed by atoms with E-state index < -0.39 is 0 Å². The molecular formula is C14H21NO2. The molecule has 0 spiro atoms. The van der Waals surface area contributed by atoms with Gasteiger partial charge in [0.2, 0.25) is 0 Å². The van der Waals surface area contributed by atoms with Gasteiger partial charge in [0.15, 0.2) is 0 Å². The van der Waals surface area contributed by atoms with Gasteiger partial charge in [-0.05, 0) is 37.5 Å². The van der Waals surface area contributed by atoms with Crippen LogP contribution in [0.3, 0.4) is 0 Å². The molecule has 1 atom stereocenters. The lowest BCUT2D eigenvalue weighted by Gasteiger charge is -2.33. The van der Waals surface area contributed by atoms with Crippen molar-refractivity contribution in [1.82, 2.24) is 0 Å². The van der Waals surface area contributed by atoms with Crippen LogP contribution < -0.4 is 4.90 Å². The summed E-state index contributed by atoms with van der Waals surface area (Å²) in [6.07, 6.45) is 2.22. The summed E-state index contributed by atoms with van der Waals surface area (Å²) in [5.41, 5.74) is 2.21. The molecule has 3 nitrogen and oxygen atoms in total. The second-order valence-corrected chi connectivity index (χ2v) is 4.69. The summed E-state index contributed by atoms with van der Waals surface area (Å²) in [5.74, 6) is 0. The van der Waals surface area contributed by atoms with Gasteiger partial charge < -0.3 is 14.7 Å². The van der Waals surface area contributed by atoms with E-state index in [0.717, 1.165) is 31.5 Å². The maximum Gasteiger partial charge on any atom is 0.0761 e. The summed E-state index contributed by atoms with van der Waals surface area (Å²) in [7, 11) is 1.79. The number of hydrogen-bond donors (Lipinski definition) is 1. The average Bonchev–Trinajstić information content (AvgIpc) is 2.39. The highest BCUT2D eigenvalue weighted by Gasteiger charge is 2.18. The number of methoxy groups -OCH3 is 1. The van der Waals surface area contributed by atoms with Crippen LogP contribution in [0.5, 0.6) is 0 Å². The van der Waals surface area contributed by atoms with Gasteiger partial charge in [-0.25, -0.2) is 0 Å². The van der Waals surface area contributed by atoms with E-state index in [1.54, 1.807) is 14.0 Å². The Bertz CT molecular complexity index is 340. The zero-order valence-electron chi connectivity index (χ0n) is 10.6. The lowest BCUT2D eigenvalue weighted by atomic mass is 10.1. The topological polar surface area (TPSA) is 32.7 Å². The van der Waals surface area contributed by atoms with Crippen molar-refractivity contribution in [3.8, 4) is 0 Å². The minimum atomic E-state index is -0.386. The van der Waals surface area contributed by atoms with Crippen LogP contribution in [0.15, 0.2) is 24.3 Å². The number of benzene rings is 1. The molecule has 94 valence electrons. The Balaban J connectivity index is 1.99. The zero-order valence-corrected chi connectivity index (χ0v) is 10.6. The first-order valence-corrected chi connectivity index (χ1v) is 6.26. The maximum atomic E-state index is 9.46. The van der Waals surface area contributed by atoms with Crippen molar-refractivity contribution >= 4 is 5.69 Å². The molecule has 1 saturated heterocycles. The Morgan fingerprint density at radius 1 is 1.24 bits per heavy atom. The standard InChI is InChI=1S/C14H21NO2/c1-11(16)12-3-5-13(6-4-12)15-9-7-14(17-2)8-10-15/h3-6,11,14,16H,7-10H2,1-2H3. The number of aliphatic hydroxyl groups excluding tert-OH is 1. The van der Waals surface area contributed by atoms with Crippen LogP contribution in [0.2, 0.25) is 0 Å². The fourth-order valence-electron chi connectivity index (χ4n) is 2.31.